The molecule has 0 amide bonds. The molecule has 0 aliphatic heterocycles. The number of H-pyrrole nitrogens is 1. The Kier molecular flexibility index (Phi) is 2.93. The highest BCUT2D eigenvalue weighted by atomic mass is 16.4. The van der Waals surface area contributed by atoms with Crippen LogP contribution >= 0.6 is 0 Å². The van der Waals surface area contributed by atoms with Crippen molar-refractivity contribution in [2.24, 2.45) is 0 Å². The lowest BCUT2D eigenvalue weighted by Gasteiger charge is -2.12. The number of aryl methyl sites for hydroxylation is 2. The number of carboxylic acids is 1. The van der Waals surface area contributed by atoms with Crippen molar-refractivity contribution < 1.29 is 9.90 Å². The second-order valence-corrected chi connectivity index (χ2v) is 5.19. The standard InChI is InChI=1S/C16H15NO3/c1-9-4-2-5-10(8-9)13-11-6-3-7-12(11)17-15(18)14(13)16(19)20/h2,4-5,8H,3,6-7H2,1H3,(H,17,18)(H,19,20). The molecule has 2 N–H and O–H groups in total. The van der Waals surface area contributed by atoms with Crippen LogP contribution in [0.4, 0.5) is 0 Å². The van der Waals surface area contributed by atoms with Crippen molar-refractivity contribution >= 4 is 5.97 Å². The first kappa shape index (κ1) is 12.7. The first-order chi connectivity index (χ1) is 9.58. The minimum absolute atomic E-state index is 0.142. The fourth-order valence-corrected chi connectivity index (χ4v) is 2.94. The predicted octanol–water partition coefficient (Wildman–Crippen LogP) is 2.54. The van der Waals surface area contributed by atoms with Gasteiger partial charge < -0.3 is 10.1 Å². The number of benzene rings is 1. The Morgan fingerprint density at radius 3 is 2.80 bits per heavy atom. The van der Waals surface area contributed by atoms with Crippen LogP contribution in [0.15, 0.2) is 29.1 Å². The van der Waals surface area contributed by atoms with Crippen molar-refractivity contribution in [2.45, 2.75) is 26.2 Å². The van der Waals surface area contributed by atoms with Gasteiger partial charge in [-0.2, -0.15) is 0 Å². The maximum Gasteiger partial charge on any atom is 0.341 e. The fourth-order valence-electron chi connectivity index (χ4n) is 2.94. The maximum absolute atomic E-state index is 12.1. The molecule has 0 unspecified atom stereocenters. The molecule has 1 aliphatic rings. The molecular weight excluding hydrogens is 254 g/mol. The molecule has 1 aromatic carbocycles. The van der Waals surface area contributed by atoms with Gasteiger partial charge in [0, 0.05) is 11.3 Å². The third-order valence-electron chi connectivity index (χ3n) is 3.78. The van der Waals surface area contributed by atoms with Gasteiger partial charge in [-0.25, -0.2) is 4.79 Å². The summed E-state index contributed by atoms with van der Waals surface area (Å²) < 4.78 is 0. The fraction of sp³-hybridized carbons (Fsp3) is 0.250. The van der Waals surface area contributed by atoms with E-state index in [9.17, 15) is 14.7 Å². The van der Waals surface area contributed by atoms with E-state index in [0.29, 0.717) is 5.56 Å². The third-order valence-corrected chi connectivity index (χ3v) is 3.78. The predicted molar refractivity (Wildman–Crippen MR) is 76.2 cm³/mol. The molecular formula is C16H15NO3. The first-order valence-corrected chi connectivity index (χ1v) is 6.66. The average Bonchev–Trinajstić information content (AvgIpc) is 2.84. The topological polar surface area (TPSA) is 70.2 Å². The zero-order chi connectivity index (χ0) is 14.3. The Labute approximate surface area is 116 Å². The van der Waals surface area contributed by atoms with Gasteiger partial charge >= 0.3 is 5.97 Å². The monoisotopic (exact) mass is 269 g/mol. The summed E-state index contributed by atoms with van der Waals surface area (Å²) in [5, 5.41) is 9.39. The van der Waals surface area contributed by atoms with Crippen LogP contribution in [-0.4, -0.2) is 16.1 Å². The summed E-state index contributed by atoms with van der Waals surface area (Å²) in [5.41, 5.74) is 3.67. The lowest BCUT2D eigenvalue weighted by Crippen LogP contribution is -2.21. The second kappa shape index (κ2) is 4.63. The molecule has 0 bridgehead atoms. The molecule has 0 saturated heterocycles. The van der Waals surface area contributed by atoms with E-state index in [1.807, 2.05) is 31.2 Å². The van der Waals surface area contributed by atoms with E-state index < -0.39 is 11.5 Å². The van der Waals surface area contributed by atoms with Gasteiger partial charge in [0.15, 0.2) is 0 Å². The molecule has 2 aromatic rings. The number of rotatable bonds is 2. The van der Waals surface area contributed by atoms with Crippen molar-refractivity contribution in [2.75, 3.05) is 0 Å². The smallest absolute Gasteiger partial charge is 0.341 e. The van der Waals surface area contributed by atoms with Crippen LogP contribution in [0.25, 0.3) is 11.1 Å². The molecule has 1 heterocycles. The SMILES string of the molecule is Cc1cccc(-c2c3c([nH]c(=O)c2C(=O)O)CCC3)c1. The van der Waals surface area contributed by atoms with E-state index in [1.54, 1.807) is 0 Å². The molecule has 20 heavy (non-hydrogen) atoms. The lowest BCUT2D eigenvalue weighted by molar-refractivity contribution is 0.0695. The van der Waals surface area contributed by atoms with Crippen molar-refractivity contribution in [3.05, 3.63) is 57.0 Å². The average molecular weight is 269 g/mol. The zero-order valence-corrected chi connectivity index (χ0v) is 11.2. The Morgan fingerprint density at radius 1 is 1.30 bits per heavy atom. The van der Waals surface area contributed by atoms with Crippen LogP contribution < -0.4 is 5.56 Å². The Hall–Kier alpha value is -2.36. The number of nitrogens with one attached hydrogen (secondary N) is 1. The highest BCUT2D eigenvalue weighted by Gasteiger charge is 2.25. The summed E-state index contributed by atoms with van der Waals surface area (Å²) in [7, 11) is 0. The molecule has 3 rings (SSSR count). The second-order valence-electron chi connectivity index (χ2n) is 5.19. The van der Waals surface area contributed by atoms with Crippen molar-refractivity contribution in [1.82, 2.24) is 4.98 Å². The molecule has 0 atom stereocenters. The van der Waals surface area contributed by atoms with Gasteiger partial charge in [-0.05, 0) is 37.3 Å². The largest absolute Gasteiger partial charge is 0.477 e. The minimum atomic E-state index is -1.17. The number of aromatic nitrogens is 1. The quantitative estimate of drug-likeness (QED) is 0.880. The van der Waals surface area contributed by atoms with Crippen LogP contribution in [0.5, 0.6) is 0 Å². The Bertz CT molecular complexity index is 759. The normalized spacial score (nSPS) is 13.2. The zero-order valence-electron chi connectivity index (χ0n) is 11.2. The summed E-state index contributed by atoms with van der Waals surface area (Å²) in [6.07, 6.45) is 2.58. The van der Waals surface area contributed by atoms with E-state index in [2.05, 4.69) is 4.98 Å². The highest BCUT2D eigenvalue weighted by Crippen LogP contribution is 2.33. The summed E-state index contributed by atoms with van der Waals surface area (Å²) in [6, 6.07) is 7.64. The number of carboxylic acid groups (broad SMARTS) is 1. The van der Waals surface area contributed by atoms with Gasteiger partial charge in [0.1, 0.15) is 5.56 Å². The number of hydrogen-bond acceptors (Lipinski definition) is 2. The molecule has 4 heteroatoms. The number of aromatic carboxylic acids is 1. The van der Waals surface area contributed by atoms with E-state index in [4.69, 9.17) is 0 Å². The molecule has 0 saturated carbocycles. The number of carbonyl (C=O) groups is 1. The van der Waals surface area contributed by atoms with Crippen molar-refractivity contribution in [1.29, 1.82) is 0 Å². The van der Waals surface area contributed by atoms with E-state index >= 15 is 0 Å². The summed E-state index contributed by atoms with van der Waals surface area (Å²) >= 11 is 0. The Morgan fingerprint density at radius 2 is 2.10 bits per heavy atom. The van der Waals surface area contributed by atoms with E-state index in [-0.39, 0.29) is 5.56 Å². The van der Waals surface area contributed by atoms with Gasteiger partial charge in [-0.3, -0.25) is 4.79 Å². The minimum Gasteiger partial charge on any atom is -0.477 e. The van der Waals surface area contributed by atoms with Crippen molar-refractivity contribution in [3.63, 3.8) is 0 Å². The van der Waals surface area contributed by atoms with Crippen LogP contribution in [0.1, 0.15) is 33.6 Å². The van der Waals surface area contributed by atoms with Crippen LogP contribution in [0.2, 0.25) is 0 Å². The molecule has 0 radical (unpaired) electrons. The third kappa shape index (κ3) is 1.93. The molecule has 1 aromatic heterocycles. The van der Waals surface area contributed by atoms with Gasteiger partial charge in [0.25, 0.3) is 5.56 Å². The number of hydrogen-bond donors (Lipinski definition) is 2. The molecule has 0 spiro atoms. The first-order valence-electron chi connectivity index (χ1n) is 6.66. The number of aromatic amines is 1. The van der Waals surface area contributed by atoms with Gasteiger partial charge in [0.2, 0.25) is 0 Å². The lowest BCUT2D eigenvalue weighted by atomic mass is 9.94. The van der Waals surface area contributed by atoms with Gasteiger partial charge in [-0.15, -0.1) is 0 Å². The van der Waals surface area contributed by atoms with E-state index in [0.717, 1.165) is 41.6 Å². The number of fused-ring (bicyclic) bond motifs is 1. The summed E-state index contributed by atoms with van der Waals surface area (Å²) in [6.45, 7) is 1.96. The van der Waals surface area contributed by atoms with Crippen LogP contribution in [0.3, 0.4) is 0 Å². The van der Waals surface area contributed by atoms with Crippen LogP contribution in [0, 0.1) is 6.92 Å². The van der Waals surface area contributed by atoms with Gasteiger partial charge in [0.05, 0.1) is 0 Å². The maximum atomic E-state index is 12.1. The molecule has 0 fully saturated rings. The van der Waals surface area contributed by atoms with Crippen molar-refractivity contribution in [3.8, 4) is 11.1 Å². The van der Waals surface area contributed by atoms with E-state index in [1.165, 1.54) is 0 Å². The molecule has 1 aliphatic carbocycles. The molecule has 4 nitrogen and oxygen atoms in total. The van der Waals surface area contributed by atoms with Crippen LogP contribution in [-0.2, 0) is 12.8 Å². The summed E-state index contributed by atoms with van der Waals surface area (Å²) in [4.78, 5) is 26.3. The highest BCUT2D eigenvalue weighted by molar-refractivity contribution is 5.97. The summed E-state index contributed by atoms with van der Waals surface area (Å²) in [5.74, 6) is -1.17. The number of pyridine rings is 1. The Balaban J connectivity index is 2.38. The van der Waals surface area contributed by atoms with Gasteiger partial charge in [-0.1, -0.05) is 29.8 Å². The molecule has 102 valence electrons.